The number of anilines is 1. The van der Waals surface area contributed by atoms with Crippen LogP contribution < -0.4 is 4.90 Å². The Balaban J connectivity index is 1.77. The molecule has 0 aliphatic carbocycles. The van der Waals surface area contributed by atoms with E-state index >= 15 is 0 Å². The van der Waals surface area contributed by atoms with E-state index in [4.69, 9.17) is 0 Å². The molecule has 0 saturated carbocycles. The Hall–Kier alpha value is -2.14. The highest BCUT2D eigenvalue weighted by Gasteiger charge is 2.32. The van der Waals surface area contributed by atoms with Gasteiger partial charge in [0.2, 0.25) is 5.91 Å². The molecule has 0 N–H and O–H groups in total. The fourth-order valence-electron chi connectivity index (χ4n) is 3.59. The van der Waals surface area contributed by atoms with E-state index in [1.807, 2.05) is 48.1 Å². The van der Waals surface area contributed by atoms with Gasteiger partial charge in [0.25, 0.3) is 5.91 Å². The Labute approximate surface area is 159 Å². The predicted octanol–water partition coefficient (Wildman–Crippen LogP) is 4.27. The van der Waals surface area contributed by atoms with Crippen LogP contribution in [0.1, 0.15) is 40.6 Å². The van der Waals surface area contributed by atoms with Crippen molar-refractivity contribution >= 4 is 28.8 Å². The van der Waals surface area contributed by atoms with Crippen LogP contribution in [-0.2, 0) is 4.79 Å². The van der Waals surface area contributed by atoms with E-state index in [-0.39, 0.29) is 17.7 Å². The van der Waals surface area contributed by atoms with Gasteiger partial charge in [-0.25, -0.2) is 0 Å². The molecular weight excluding hydrogens is 344 g/mol. The molecule has 1 saturated heterocycles. The number of carbonyl (C=O) groups excluding carboxylic acids is 2. The van der Waals surface area contributed by atoms with Crippen molar-refractivity contribution < 1.29 is 9.59 Å². The van der Waals surface area contributed by atoms with Gasteiger partial charge in [-0.3, -0.25) is 9.59 Å². The number of benzene rings is 1. The maximum atomic E-state index is 13.2. The molecule has 1 aliphatic rings. The van der Waals surface area contributed by atoms with E-state index in [0.29, 0.717) is 13.1 Å². The van der Waals surface area contributed by atoms with Crippen molar-refractivity contribution in [2.45, 2.75) is 33.6 Å². The van der Waals surface area contributed by atoms with E-state index < -0.39 is 0 Å². The first-order valence-electron chi connectivity index (χ1n) is 9.22. The number of hydrogen-bond donors (Lipinski definition) is 0. The standard InChI is InChI=1S/C21H26N2O2S/c1-4-23(18-13-15(2)9-10-16(18)3)20(24)17-7-5-11-22(14-17)21(25)19-8-6-12-26-19/h6,8-10,12-13,17H,4-5,7,11,14H2,1-3H3. The van der Waals surface area contributed by atoms with Crippen LogP contribution >= 0.6 is 11.3 Å². The Morgan fingerprint density at radius 2 is 2.08 bits per heavy atom. The summed E-state index contributed by atoms with van der Waals surface area (Å²) in [7, 11) is 0. The average molecular weight is 371 g/mol. The number of amides is 2. The Kier molecular flexibility index (Phi) is 5.77. The lowest BCUT2D eigenvalue weighted by atomic mass is 9.95. The zero-order valence-electron chi connectivity index (χ0n) is 15.7. The van der Waals surface area contributed by atoms with Gasteiger partial charge in [-0.2, -0.15) is 0 Å². The van der Waals surface area contributed by atoms with Gasteiger partial charge in [0.15, 0.2) is 0 Å². The van der Waals surface area contributed by atoms with Crippen LogP contribution in [0.15, 0.2) is 35.7 Å². The van der Waals surface area contributed by atoms with E-state index in [9.17, 15) is 9.59 Å². The molecule has 2 heterocycles. The van der Waals surface area contributed by atoms with Crippen LogP contribution in [0.4, 0.5) is 5.69 Å². The smallest absolute Gasteiger partial charge is 0.263 e. The first-order chi connectivity index (χ1) is 12.5. The quantitative estimate of drug-likeness (QED) is 0.806. The summed E-state index contributed by atoms with van der Waals surface area (Å²) in [5.41, 5.74) is 3.24. The average Bonchev–Trinajstić information content (AvgIpc) is 3.19. The molecule has 26 heavy (non-hydrogen) atoms. The zero-order valence-corrected chi connectivity index (χ0v) is 16.5. The van der Waals surface area contributed by atoms with Gasteiger partial charge in [0.1, 0.15) is 0 Å². The van der Waals surface area contributed by atoms with Crippen LogP contribution in [0.5, 0.6) is 0 Å². The van der Waals surface area contributed by atoms with Gasteiger partial charge in [-0.1, -0.05) is 18.2 Å². The number of thiophene rings is 1. The molecule has 1 aliphatic heterocycles. The van der Waals surface area contributed by atoms with Gasteiger partial charge < -0.3 is 9.80 Å². The first kappa shape index (κ1) is 18.6. The molecule has 2 amide bonds. The number of hydrogen-bond acceptors (Lipinski definition) is 3. The third-order valence-corrected chi connectivity index (χ3v) is 5.89. The number of carbonyl (C=O) groups is 2. The predicted molar refractivity (Wildman–Crippen MR) is 107 cm³/mol. The summed E-state index contributed by atoms with van der Waals surface area (Å²) in [6.45, 7) is 7.98. The number of piperidine rings is 1. The Morgan fingerprint density at radius 1 is 1.27 bits per heavy atom. The third kappa shape index (κ3) is 3.83. The Bertz CT molecular complexity index is 785. The van der Waals surface area contributed by atoms with E-state index in [0.717, 1.165) is 41.1 Å². The number of nitrogens with zero attached hydrogens (tertiary/aromatic N) is 2. The number of aryl methyl sites for hydroxylation is 2. The fourth-order valence-corrected chi connectivity index (χ4v) is 4.29. The zero-order chi connectivity index (χ0) is 18.7. The summed E-state index contributed by atoms with van der Waals surface area (Å²) in [4.78, 5) is 30.4. The number of likely N-dealkylation sites (tertiary alicyclic amines) is 1. The fraction of sp³-hybridized carbons (Fsp3) is 0.429. The monoisotopic (exact) mass is 370 g/mol. The molecule has 2 aromatic rings. The van der Waals surface area contributed by atoms with Crippen molar-refractivity contribution in [1.29, 1.82) is 0 Å². The molecule has 1 aromatic carbocycles. The second-order valence-electron chi connectivity index (χ2n) is 6.94. The van der Waals surface area contributed by atoms with E-state index in [1.54, 1.807) is 0 Å². The van der Waals surface area contributed by atoms with Crippen molar-refractivity contribution in [3.05, 3.63) is 51.7 Å². The highest BCUT2D eigenvalue weighted by atomic mass is 32.1. The van der Waals surface area contributed by atoms with Gasteiger partial charge >= 0.3 is 0 Å². The maximum absolute atomic E-state index is 13.2. The van der Waals surface area contributed by atoms with Crippen molar-refractivity contribution in [3.63, 3.8) is 0 Å². The van der Waals surface area contributed by atoms with Crippen LogP contribution in [0, 0.1) is 19.8 Å². The van der Waals surface area contributed by atoms with Crippen LogP contribution in [0.2, 0.25) is 0 Å². The van der Waals surface area contributed by atoms with Crippen LogP contribution in [-0.4, -0.2) is 36.3 Å². The molecular formula is C21H26N2O2S. The molecule has 1 aromatic heterocycles. The second kappa shape index (κ2) is 8.04. The van der Waals surface area contributed by atoms with Crippen molar-refractivity contribution in [2.75, 3.05) is 24.5 Å². The van der Waals surface area contributed by atoms with Gasteiger partial charge in [0.05, 0.1) is 10.8 Å². The molecule has 1 unspecified atom stereocenters. The molecule has 5 heteroatoms. The minimum atomic E-state index is -0.132. The molecule has 4 nitrogen and oxygen atoms in total. The lowest BCUT2D eigenvalue weighted by molar-refractivity contribution is -0.123. The summed E-state index contributed by atoms with van der Waals surface area (Å²) in [5.74, 6) is 0.0460. The van der Waals surface area contributed by atoms with Crippen molar-refractivity contribution in [2.24, 2.45) is 5.92 Å². The molecule has 1 atom stereocenters. The molecule has 0 radical (unpaired) electrons. The topological polar surface area (TPSA) is 40.6 Å². The van der Waals surface area contributed by atoms with E-state index in [1.165, 1.54) is 11.3 Å². The minimum absolute atomic E-state index is 0.0484. The Morgan fingerprint density at radius 3 is 2.77 bits per heavy atom. The van der Waals surface area contributed by atoms with Gasteiger partial charge in [-0.15, -0.1) is 11.3 Å². The van der Waals surface area contributed by atoms with E-state index in [2.05, 4.69) is 18.2 Å². The summed E-state index contributed by atoms with van der Waals surface area (Å²) < 4.78 is 0. The lowest BCUT2D eigenvalue weighted by Gasteiger charge is -2.35. The largest absolute Gasteiger partial charge is 0.337 e. The van der Waals surface area contributed by atoms with Gasteiger partial charge in [0, 0.05) is 25.3 Å². The normalized spacial score (nSPS) is 17.2. The number of rotatable bonds is 4. The SMILES string of the molecule is CCN(C(=O)C1CCCN(C(=O)c2cccs2)C1)c1cc(C)ccc1C. The molecule has 138 valence electrons. The first-order valence-corrected chi connectivity index (χ1v) is 10.1. The highest BCUT2D eigenvalue weighted by molar-refractivity contribution is 7.12. The summed E-state index contributed by atoms with van der Waals surface area (Å²) in [6, 6.07) is 9.96. The summed E-state index contributed by atoms with van der Waals surface area (Å²) >= 11 is 1.46. The maximum Gasteiger partial charge on any atom is 0.263 e. The highest BCUT2D eigenvalue weighted by Crippen LogP contribution is 2.27. The summed E-state index contributed by atoms with van der Waals surface area (Å²) in [6.07, 6.45) is 1.71. The summed E-state index contributed by atoms with van der Waals surface area (Å²) in [5, 5.41) is 1.92. The minimum Gasteiger partial charge on any atom is -0.337 e. The van der Waals surface area contributed by atoms with Crippen molar-refractivity contribution in [1.82, 2.24) is 4.90 Å². The molecule has 0 spiro atoms. The van der Waals surface area contributed by atoms with Gasteiger partial charge in [-0.05, 0) is 62.3 Å². The second-order valence-corrected chi connectivity index (χ2v) is 7.89. The molecule has 0 bridgehead atoms. The molecule has 1 fully saturated rings. The van der Waals surface area contributed by atoms with Crippen LogP contribution in [0.3, 0.4) is 0 Å². The van der Waals surface area contributed by atoms with Crippen molar-refractivity contribution in [3.8, 4) is 0 Å². The van der Waals surface area contributed by atoms with Crippen LogP contribution in [0.25, 0.3) is 0 Å². The third-order valence-electron chi connectivity index (χ3n) is 5.03. The lowest BCUT2D eigenvalue weighted by Crippen LogP contribution is -2.47. The molecule has 3 rings (SSSR count).